The zero-order chi connectivity index (χ0) is 23.9. The van der Waals surface area contributed by atoms with Gasteiger partial charge in [-0.3, -0.25) is 9.78 Å². The number of amides is 1. The van der Waals surface area contributed by atoms with E-state index in [2.05, 4.69) is 31.7 Å². The first-order valence-corrected chi connectivity index (χ1v) is 12.5. The summed E-state index contributed by atoms with van der Waals surface area (Å²) in [6.45, 7) is 0.756. The fourth-order valence-electron chi connectivity index (χ4n) is 6.06. The second-order valence-electron chi connectivity index (χ2n) is 10.3. The Morgan fingerprint density at radius 3 is 2.69 bits per heavy atom. The van der Waals surface area contributed by atoms with Crippen molar-refractivity contribution < 1.29 is 14.3 Å². The third-order valence-electron chi connectivity index (χ3n) is 8.35. The van der Waals surface area contributed by atoms with Crippen molar-refractivity contribution in [1.29, 1.82) is 0 Å². The third kappa shape index (κ3) is 4.31. The predicted molar refractivity (Wildman–Crippen MR) is 132 cm³/mol. The van der Waals surface area contributed by atoms with Gasteiger partial charge in [-0.1, -0.05) is 0 Å². The molecule has 0 atom stereocenters. The van der Waals surface area contributed by atoms with Crippen LogP contribution in [0.15, 0.2) is 36.5 Å². The standard InChI is InChI=1S/C27H31N5O3/c1-34-23-5-3-20-24(32-23)18(7-15-28-20)6-8-26-9-12-27(13-10-26,14-11-26)29-16-19-2-4-21-25(30-19)31-22(33)17-35-21/h2-5,7,15,29H,6,8-14,16-17H2,1H3,(H,30,31,33). The molecule has 8 nitrogen and oxygen atoms in total. The first kappa shape index (κ1) is 22.2. The number of methoxy groups -OCH3 is 1. The molecule has 4 heterocycles. The summed E-state index contributed by atoms with van der Waals surface area (Å²) in [6.07, 6.45) is 11.4. The Bertz CT molecular complexity index is 1250. The molecular weight excluding hydrogens is 442 g/mol. The quantitative estimate of drug-likeness (QED) is 0.531. The molecule has 3 aliphatic carbocycles. The van der Waals surface area contributed by atoms with E-state index in [1.807, 2.05) is 30.5 Å². The zero-order valence-electron chi connectivity index (χ0n) is 20.1. The zero-order valence-corrected chi connectivity index (χ0v) is 20.1. The average Bonchev–Trinajstić information content (AvgIpc) is 2.91. The molecule has 3 aromatic rings. The number of aryl methyl sites for hydroxylation is 1. The Labute approximate surface area is 204 Å². The molecule has 0 unspecified atom stereocenters. The molecule has 35 heavy (non-hydrogen) atoms. The number of nitrogens with one attached hydrogen (secondary N) is 2. The minimum atomic E-state index is -0.153. The fraction of sp³-hybridized carbons (Fsp3) is 0.481. The van der Waals surface area contributed by atoms with Gasteiger partial charge in [-0.2, -0.15) is 0 Å². The lowest BCUT2D eigenvalue weighted by Gasteiger charge is -2.54. The highest BCUT2D eigenvalue weighted by Crippen LogP contribution is 2.54. The summed E-state index contributed by atoms with van der Waals surface area (Å²) < 4.78 is 10.8. The van der Waals surface area contributed by atoms with Gasteiger partial charge in [0, 0.05) is 24.3 Å². The van der Waals surface area contributed by atoms with Crippen LogP contribution >= 0.6 is 0 Å². The van der Waals surface area contributed by atoms with Crippen LogP contribution in [0.25, 0.3) is 11.0 Å². The van der Waals surface area contributed by atoms with Gasteiger partial charge in [-0.25, -0.2) is 9.97 Å². The van der Waals surface area contributed by atoms with E-state index in [0.717, 1.165) is 23.1 Å². The third-order valence-corrected chi connectivity index (χ3v) is 8.35. The first-order chi connectivity index (χ1) is 17.1. The largest absolute Gasteiger partial charge is 0.481 e. The van der Waals surface area contributed by atoms with Gasteiger partial charge in [0.25, 0.3) is 5.91 Å². The van der Waals surface area contributed by atoms with Crippen molar-refractivity contribution in [3.05, 3.63) is 47.8 Å². The van der Waals surface area contributed by atoms with Crippen molar-refractivity contribution in [3.63, 3.8) is 0 Å². The number of anilines is 1. The molecule has 4 aliphatic rings. The molecule has 0 saturated heterocycles. The van der Waals surface area contributed by atoms with E-state index in [0.29, 0.717) is 29.4 Å². The number of carbonyl (C=O) groups excluding carboxylic acids is 1. The number of aromatic nitrogens is 3. The highest BCUT2D eigenvalue weighted by atomic mass is 16.5. The second kappa shape index (κ2) is 8.75. The van der Waals surface area contributed by atoms with E-state index >= 15 is 0 Å². The van der Waals surface area contributed by atoms with Crippen LogP contribution in [0.4, 0.5) is 5.82 Å². The normalized spacial score (nSPS) is 25.1. The van der Waals surface area contributed by atoms with E-state index in [-0.39, 0.29) is 18.1 Å². The fourth-order valence-corrected chi connectivity index (χ4v) is 6.06. The summed E-state index contributed by atoms with van der Waals surface area (Å²) in [6, 6.07) is 9.86. The number of hydrogen-bond donors (Lipinski definition) is 2. The number of pyridine rings is 3. The minimum absolute atomic E-state index is 0.0548. The first-order valence-electron chi connectivity index (χ1n) is 12.5. The van der Waals surface area contributed by atoms with Crippen LogP contribution in [-0.2, 0) is 17.8 Å². The number of fused-ring (bicyclic) bond motifs is 5. The van der Waals surface area contributed by atoms with E-state index in [9.17, 15) is 4.79 Å². The molecule has 0 spiro atoms. The van der Waals surface area contributed by atoms with Gasteiger partial charge in [0.15, 0.2) is 18.2 Å². The van der Waals surface area contributed by atoms with Gasteiger partial charge in [0.1, 0.15) is 0 Å². The summed E-state index contributed by atoms with van der Waals surface area (Å²) in [5.41, 5.74) is 4.70. The summed E-state index contributed by atoms with van der Waals surface area (Å²) in [4.78, 5) is 25.4. The van der Waals surface area contributed by atoms with Crippen LogP contribution < -0.4 is 20.1 Å². The van der Waals surface area contributed by atoms with Gasteiger partial charge in [-0.05, 0) is 86.6 Å². The molecule has 1 aliphatic heterocycles. The van der Waals surface area contributed by atoms with Crippen LogP contribution in [-0.4, -0.2) is 40.1 Å². The molecule has 0 radical (unpaired) electrons. The molecule has 0 aromatic carbocycles. The van der Waals surface area contributed by atoms with Gasteiger partial charge < -0.3 is 20.1 Å². The number of ether oxygens (including phenoxy) is 2. The van der Waals surface area contributed by atoms with Crippen molar-refractivity contribution in [2.45, 2.75) is 63.5 Å². The number of hydrogen-bond acceptors (Lipinski definition) is 7. The molecule has 3 fully saturated rings. The van der Waals surface area contributed by atoms with E-state index in [1.165, 1.54) is 50.5 Å². The van der Waals surface area contributed by atoms with Gasteiger partial charge in [0.05, 0.1) is 23.8 Å². The van der Waals surface area contributed by atoms with Crippen molar-refractivity contribution in [3.8, 4) is 11.6 Å². The van der Waals surface area contributed by atoms with Crippen LogP contribution in [0.5, 0.6) is 11.6 Å². The molecule has 2 N–H and O–H groups in total. The van der Waals surface area contributed by atoms with E-state index < -0.39 is 0 Å². The number of rotatable bonds is 7. The van der Waals surface area contributed by atoms with Crippen LogP contribution in [0.2, 0.25) is 0 Å². The minimum Gasteiger partial charge on any atom is -0.481 e. The van der Waals surface area contributed by atoms with Gasteiger partial charge >= 0.3 is 0 Å². The van der Waals surface area contributed by atoms with E-state index in [4.69, 9.17) is 9.47 Å². The Balaban J connectivity index is 1.08. The van der Waals surface area contributed by atoms with Gasteiger partial charge in [0.2, 0.25) is 5.88 Å². The maximum atomic E-state index is 11.6. The van der Waals surface area contributed by atoms with Crippen molar-refractivity contribution in [2.24, 2.45) is 5.41 Å². The molecule has 1 amide bonds. The molecule has 8 heteroatoms. The Kier molecular flexibility index (Phi) is 5.56. The predicted octanol–water partition coefficient (Wildman–Crippen LogP) is 4.18. The SMILES string of the molecule is COc1ccc2nccc(CCC34CCC(NCc5ccc6c(n5)NC(=O)CO6)(CC3)CC4)c2n1. The summed E-state index contributed by atoms with van der Waals surface area (Å²) in [7, 11) is 1.65. The monoisotopic (exact) mass is 473 g/mol. The molecule has 3 saturated carbocycles. The Hall–Kier alpha value is -3.26. The van der Waals surface area contributed by atoms with Crippen molar-refractivity contribution >= 4 is 22.8 Å². The lowest BCUT2D eigenvalue weighted by atomic mass is 9.55. The van der Waals surface area contributed by atoms with Crippen molar-refractivity contribution in [1.82, 2.24) is 20.3 Å². The summed E-state index contributed by atoms with van der Waals surface area (Å²) in [5, 5.41) is 6.64. The molecule has 3 aromatic heterocycles. The Morgan fingerprint density at radius 1 is 1.06 bits per heavy atom. The molecular formula is C27H31N5O3. The van der Waals surface area contributed by atoms with Crippen LogP contribution in [0, 0.1) is 5.41 Å². The van der Waals surface area contributed by atoms with Crippen LogP contribution in [0.3, 0.4) is 0 Å². The van der Waals surface area contributed by atoms with Crippen LogP contribution in [0.1, 0.15) is 56.2 Å². The molecule has 2 bridgehead atoms. The highest BCUT2D eigenvalue weighted by molar-refractivity contribution is 5.94. The second-order valence-corrected chi connectivity index (χ2v) is 10.3. The number of nitrogens with zero attached hydrogens (tertiary/aromatic N) is 3. The Morgan fingerprint density at radius 2 is 1.89 bits per heavy atom. The highest BCUT2D eigenvalue weighted by Gasteiger charge is 2.47. The number of carbonyl (C=O) groups is 1. The summed E-state index contributed by atoms with van der Waals surface area (Å²) in [5.74, 6) is 1.65. The average molecular weight is 474 g/mol. The smallest absolute Gasteiger partial charge is 0.263 e. The lowest BCUT2D eigenvalue weighted by molar-refractivity contribution is -0.118. The topological polar surface area (TPSA) is 98.3 Å². The van der Waals surface area contributed by atoms with Gasteiger partial charge in [-0.15, -0.1) is 0 Å². The van der Waals surface area contributed by atoms with Crippen molar-refractivity contribution in [2.75, 3.05) is 19.0 Å². The molecule has 7 rings (SSSR count). The van der Waals surface area contributed by atoms with E-state index in [1.54, 1.807) is 7.11 Å². The summed E-state index contributed by atoms with van der Waals surface area (Å²) >= 11 is 0. The molecule has 182 valence electrons. The lowest BCUT2D eigenvalue weighted by Crippen LogP contribution is -2.54. The maximum Gasteiger partial charge on any atom is 0.263 e. The maximum absolute atomic E-state index is 11.6.